The van der Waals surface area contributed by atoms with Gasteiger partial charge in [0.2, 0.25) is 0 Å². The zero-order valence-electron chi connectivity index (χ0n) is 8.88. The molecule has 1 aromatic rings. The third kappa shape index (κ3) is 14.2. The molecular formula is C9H11KN2O2S2. The Morgan fingerprint density at radius 1 is 1.19 bits per heavy atom. The van der Waals surface area contributed by atoms with Gasteiger partial charge in [-0.1, -0.05) is 42.5 Å². The van der Waals surface area contributed by atoms with E-state index in [0.29, 0.717) is 6.61 Å². The van der Waals surface area contributed by atoms with Crippen LogP contribution in [0.25, 0.3) is 0 Å². The molecule has 1 aromatic carbocycles. The van der Waals surface area contributed by atoms with Crippen LogP contribution in [-0.4, -0.2) is 10.3 Å². The van der Waals surface area contributed by atoms with Crippen LogP contribution in [0.5, 0.6) is 0 Å². The minimum atomic E-state index is -0.750. The Bertz CT molecular complexity index is 319. The summed E-state index contributed by atoms with van der Waals surface area (Å²) in [5, 5.41) is 8.38. The van der Waals surface area contributed by atoms with Gasteiger partial charge >= 0.3 is 51.4 Å². The molecule has 0 radical (unpaired) electrons. The molecule has 82 valence electrons. The zero-order chi connectivity index (χ0) is 11.7. The van der Waals surface area contributed by atoms with Crippen LogP contribution >= 0.6 is 24.4 Å². The SMILES string of the molecule is NC(=S)OCc1ccccc1.NC([O-])=S.[K+]. The van der Waals surface area contributed by atoms with E-state index in [1.165, 1.54) is 0 Å². The second kappa shape index (κ2) is 11.7. The summed E-state index contributed by atoms with van der Waals surface area (Å²) in [5.41, 5.74) is 10.5. The molecule has 4 nitrogen and oxygen atoms in total. The minimum absolute atomic E-state index is 0. The van der Waals surface area contributed by atoms with E-state index in [1.54, 1.807) is 0 Å². The van der Waals surface area contributed by atoms with Crippen LogP contribution in [0, 0.1) is 0 Å². The predicted molar refractivity (Wildman–Crippen MR) is 64.8 cm³/mol. The van der Waals surface area contributed by atoms with Crippen LogP contribution in [0.2, 0.25) is 0 Å². The molecule has 0 fully saturated rings. The van der Waals surface area contributed by atoms with Gasteiger partial charge in [0.25, 0.3) is 5.17 Å². The molecule has 7 heteroatoms. The van der Waals surface area contributed by atoms with Crippen LogP contribution in [-0.2, 0) is 11.3 Å². The number of hydrogen-bond donors (Lipinski definition) is 2. The van der Waals surface area contributed by atoms with E-state index < -0.39 is 5.17 Å². The molecule has 16 heavy (non-hydrogen) atoms. The fraction of sp³-hybridized carbons (Fsp3) is 0.111. The quantitative estimate of drug-likeness (QED) is 0.445. The summed E-state index contributed by atoms with van der Waals surface area (Å²) < 4.78 is 4.94. The summed E-state index contributed by atoms with van der Waals surface area (Å²) in [5.74, 6) is 0. The fourth-order valence-corrected chi connectivity index (χ4v) is 0.788. The Balaban J connectivity index is 0. The van der Waals surface area contributed by atoms with Crippen LogP contribution in [0.15, 0.2) is 30.3 Å². The molecule has 0 saturated heterocycles. The minimum Gasteiger partial charge on any atom is -0.852 e. The number of nitrogens with two attached hydrogens (primary N) is 2. The maximum absolute atomic E-state index is 9.04. The topological polar surface area (TPSA) is 84.3 Å². The first-order valence-corrected chi connectivity index (χ1v) is 4.76. The van der Waals surface area contributed by atoms with Crippen molar-refractivity contribution in [2.24, 2.45) is 11.5 Å². The van der Waals surface area contributed by atoms with Crippen LogP contribution in [0.3, 0.4) is 0 Å². The summed E-state index contributed by atoms with van der Waals surface area (Å²) in [6.45, 7) is 0.455. The standard InChI is InChI=1S/C8H9NOS.CH3NOS.K/c9-8(11)10-6-7-4-2-1-3-5-7;2-1(3)4;/h1-5H,6H2,(H2,9,11);(H3,2,3,4);/q;;+1/p-1. The normalized spacial score (nSPS) is 7.75. The summed E-state index contributed by atoms with van der Waals surface area (Å²) in [6.07, 6.45) is 0. The smallest absolute Gasteiger partial charge is 0.852 e. The molecule has 0 spiro atoms. The fourth-order valence-electron chi connectivity index (χ4n) is 0.729. The first-order chi connectivity index (χ1) is 7.02. The van der Waals surface area contributed by atoms with Gasteiger partial charge in [-0.25, -0.2) is 0 Å². The van der Waals surface area contributed by atoms with E-state index >= 15 is 0 Å². The first-order valence-electron chi connectivity index (χ1n) is 3.95. The number of benzene rings is 1. The van der Waals surface area contributed by atoms with Gasteiger partial charge in [0.05, 0.1) is 0 Å². The maximum Gasteiger partial charge on any atom is 1.00 e. The Hall–Kier alpha value is 0.236. The number of rotatable bonds is 2. The van der Waals surface area contributed by atoms with Gasteiger partial charge in [-0.3, -0.25) is 0 Å². The molecule has 0 atom stereocenters. The van der Waals surface area contributed by atoms with Crippen LogP contribution < -0.4 is 68.0 Å². The number of thiocarbonyl (C=S) groups is 2. The molecule has 1 rings (SSSR count). The number of ether oxygens (including phenoxy) is 1. The van der Waals surface area contributed by atoms with Crippen molar-refractivity contribution in [2.75, 3.05) is 0 Å². The van der Waals surface area contributed by atoms with Crippen molar-refractivity contribution in [3.8, 4) is 0 Å². The summed E-state index contributed by atoms with van der Waals surface area (Å²) >= 11 is 8.31. The molecule has 0 unspecified atom stereocenters. The average Bonchev–Trinajstić information content (AvgIpc) is 2.15. The third-order valence-corrected chi connectivity index (χ3v) is 1.34. The van der Waals surface area contributed by atoms with Crippen molar-refractivity contribution < 1.29 is 61.2 Å². The van der Waals surface area contributed by atoms with Gasteiger partial charge in [-0.05, 0) is 17.8 Å². The molecule has 0 aliphatic carbocycles. The van der Waals surface area contributed by atoms with Gasteiger partial charge in [-0.15, -0.1) is 0 Å². The van der Waals surface area contributed by atoms with Crippen molar-refractivity contribution in [3.63, 3.8) is 0 Å². The molecule has 0 heterocycles. The average molecular weight is 282 g/mol. The summed E-state index contributed by atoms with van der Waals surface area (Å²) in [6, 6.07) is 9.75. The third-order valence-electron chi connectivity index (χ3n) is 1.22. The van der Waals surface area contributed by atoms with E-state index in [0.717, 1.165) is 5.56 Å². The molecule has 0 saturated carbocycles. The van der Waals surface area contributed by atoms with Gasteiger partial charge in [0.1, 0.15) is 6.61 Å². The molecule has 4 N–H and O–H groups in total. The predicted octanol–water partition coefficient (Wildman–Crippen LogP) is -2.96. The molecular weight excluding hydrogens is 271 g/mol. The van der Waals surface area contributed by atoms with Crippen molar-refractivity contribution >= 4 is 34.8 Å². The van der Waals surface area contributed by atoms with Crippen LogP contribution in [0.1, 0.15) is 5.56 Å². The van der Waals surface area contributed by atoms with E-state index in [9.17, 15) is 0 Å². The molecule has 0 aliphatic rings. The van der Waals surface area contributed by atoms with Crippen molar-refractivity contribution in [1.29, 1.82) is 0 Å². The summed E-state index contributed by atoms with van der Waals surface area (Å²) in [4.78, 5) is 0. The Morgan fingerprint density at radius 2 is 1.62 bits per heavy atom. The van der Waals surface area contributed by atoms with Gasteiger partial charge in [0, 0.05) is 5.17 Å². The van der Waals surface area contributed by atoms with Crippen molar-refractivity contribution in [3.05, 3.63) is 35.9 Å². The van der Waals surface area contributed by atoms with E-state index in [1.807, 2.05) is 30.3 Å². The monoisotopic (exact) mass is 282 g/mol. The second-order valence-electron chi connectivity index (χ2n) is 2.41. The van der Waals surface area contributed by atoms with Crippen LogP contribution in [0.4, 0.5) is 0 Å². The first kappa shape index (κ1) is 18.6. The van der Waals surface area contributed by atoms with Gasteiger partial charge < -0.3 is 21.3 Å². The van der Waals surface area contributed by atoms with E-state index in [-0.39, 0.29) is 56.6 Å². The van der Waals surface area contributed by atoms with Crippen molar-refractivity contribution in [2.45, 2.75) is 6.61 Å². The molecule has 0 amide bonds. The zero-order valence-corrected chi connectivity index (χ0v) is 13.6. The molecule has 0 bridgehead atoms. The maximum atomic E-state index is 9.04. The Kier molecular flexibility index (Phi) is 13.6. The second-order valence-corrected chi connectivity index (χ2v) is 3.22. The Morgan fingerprint density at radius 3 is 2.00 bits per heavy atom. The largest absolute Gasteiger partial charge is 1.00 e. The van der Waals surface area contributed by atoms with E-state index in [2.05, 4.69) is 30.2 Å². The van der Waals surface area contributed by atoms with Gasteiger partial charge in [0.15, 0.2) is 0 Å². The van der Waals surface area contributed by atoms with Crippen molar-refractivity contribution in [1.82, 2.24) is 0 Å². The Labute approximate surface area is 148 Å². The number of hydrogen-bond acceptors (Lipinski definition) is 4. The molecule has 0 aliphatic heterocycles. The van der Waals surface area contributed by atoms with Gasteiger partial charge in [-0.2, -0.15) is 0 Å². The van der Waals surface area contributed by atoms with E-state index in [4.69, 9.17) is 15.6 Å². The summed E-state index contributed by atoms with van der Waals surface area (Å²) in [7, 11) is 0. The molecule has 0 aromatic heterocycles.